The molecule has 1 unspecified atom stereocenters. The summed E-state index contributed by atoms with van der Waals surface area (Å²) in [6.07, 6.45) is 4.50. The molecule has 2 atom stereocenters. The lowest BCUT2D eigenvalue weighted by molar-refractivity contribution is -0.128. The second-order valence-electron chi connectivity index (χ2n) is 6.36. The van der Waals surface area contributed by atoms with Crippen LogP contribution in [0.1, 0.15) is 38.2 Å². The van der Waals surface area contributed by atoms with Gasteiger partial charge in [-0.3, -0.25) is 9.59 Å². The Labute approximate surface area is 138 Å². The Hall–Kier alpha value is -1.88. The number of carbonyl (C=O) groups is 2. The van der Waals surface area contributed by atoms with Crippen molar-refractivity contribution >= 4 is 11.8 Å². The largest absolute Gasteiger partial charge is 0.368 e. The molecule has 1 aromatic carbocycles. The molecule has 0 radical (unpaired) electrons. The third-order valence-corrected chi connectivity index (χ3v) is 4.46. The Morgan fingerprint density at radius 1 is 1.17 bits per heavy atom. The summed E-state index contributed by atoms with van der Waals surface area (Å²) in [5.41, 5.74) is 6.43. The average molecular weight is 317 g/mol. The normalized spacial score (nSPS) is 18.1. The van der Waals surface area contributed by atoms with Gasteiger partial charge < -0.3 is 16.0 Å². The molecule has 126 valence electrons. The zero-order valence-electron chi connectivity index (χ0n) is 13.8. The Balaban J connectivity index is 1.86. The van der Waals surface area contributed by atoms with Gasteiger partial charge in [0.2, 0.25) is 11.8 Å². The van der Waals surface area contributed by atoms with E-state index in [-0.39, 0.29) is 11.9 Å². The van der Waals surface area contributed by atoms with Crippen LogP contribution in [-0.4, -0.2) is 41.9 Å². The van der Waals surface area contributed by atoms with E-state index in [0.29, 0.717) is 12.8 Å². The van der Waals surface area contributed by atoms with E-state index in [4.69, 9.17) is 5.73 Å². The van der Waals surface area contributed by atoms with E-state index in [1.807, 2.05) is 30.3 Å². The minimum absolute atomic E-state index is 0.109. The third kappa shape index (κ3) is 5.67. The molecule has 3 N–H and O–H groups in total. The number of carbonyl (C=O) groups excluding carboxylic acids is 2. The Morgan fingerprint density at radius 3 is 2.43 bits per heavy atom. The molecule has 0 saturated carbocycles. The number of likely N-dealkylation sites (tertiary alicyclic amines) is 1. The second kappa shape index (κ2) is 8.67. The van der Waals surface area contributed by atoms with Gasteiger partial charge in [-0.15, -0.1) is 0 Å². The summed E-state index contributed by atoms with van der Waals surface area (Å²) in [4.78, 5) is 26.2. The van der Waals surface area contributed by atoms with Crippen LogP contribution in [0.2, 0.25) is 0 Å². The van der Waals surface area contributed by atoms with Crippen molar-refractivity contribution < 1.29 is 9.59 Å². The second-order valence-corrected chi connectivity index (χ2v) is 6.36. The number of primary amides is 1. The van der Waals surface area contributed by atoms with E-state index < -0.39 is 11.9 Å². The first-order valence-electron chi connectivity index (χ1n) is 8.43. The third-order valence-electron chi connectivity index (χ3n) is 4.46. The maximum atomic E-state index is 12.3. The lowest BCUT2D eigenvalue weighted by atomic mass is 10.0. The van der Waals surface area contributed by atoms with Crippen LogP contribution in [-0.2, 0) is 16.0 Å². The van der Waals surface area contributed by atoms with Crippen LogP contribution in [0.15, 0.2) is 30.3 Å². The molecule has 2 rings (SSSR count). The molecule has 5 nitrogen and oxygen atoms in total. The van der Waals surface area contributed by atoms with Crippen molar-refractivity contribution in [2.75, 3.05) is 13.1 Å². The minimum atomic E-state index is -0.654. The van der Waals surface area contributed by atoms with Gasteiger partial charge in [0.25, 0.3) is 0 Å². The van der Waals surface area contributed by atoms with E-state index in [9.17, 15) is 9.59 Å². The van der Waals surface area contributed by atoms with Crippen LogP contribution in [0.25, 0.3) is 0 Å². The van der Waals surface area contributed by atoms with E-state index in [2.05, 4.69) is 17.1 Å². The lowest BCUT2D eigenvalue weighted by Crippen LogP contribution is -2.48. The molecule has 1 saturated heterocycles. The molecule has 1 aliphatic heterocycles. The number of piperidine rings is 1. The van der Waals surface area contributed by atoms with Crippen molar-refractivity contribution in [2.24, 2.45) is 5.73 Å². The highest BCUT2D eigenvalue weighted by Crippen LogP contribution is 2.14. The van der Waals surface area contributed by atoms with Gasteiger partial charge in [-0.1, -0.05) is 36.8 Å². The summed E-state index contributed by atoms with van der Waals surface area (Å²) in [5.74, 6) is -0.601. The van der Waals surface area contributed by atoms with Gasteiger partial charge in [0.1, 0.15) is 6.04 Å². The Bertz CT molecular complexity index is 512. The van der Waals surface area contributed by atoms with Crippen molar-refractivity contribution in [2.45, 2.75) is 51.1 Å². The summed E-state index contributed by atoms with van der Waals surface area (Å²) in [5, 5.41) is 2.79. The zero-order chi connectivity index (χ0) is 16.7. The summed E-state index contributed by atoms with van der Waals surface area (Å²) in [7, 11) is 0. The predicted octanol–water partition coefficient (Wildman–Crippen LogP) is 1.46. The molecule has 1 fully saturated rings. The highest BCUT2D eigenvalue weighted by atomic mass is 16.2. The number of nitrogens with one attached hydrogen (secondary N) is 1. The number of hydrogen-bond acceptors (Lipinski definition) is 3. The smallest absolute Gasteiger partial charge is 0.240 e. The van der Waals surface area contributed by atoms with Crippen molar-refractivity contribution in [3.63, 3.8) is 0 Å². The molecular weight excluding hydrogens is 290 g/mol. The fraction of sp³-hybridized carbons (Fsp3) is 0.556. The molecule has 1 aliphatic rings. The molecule has 1 heterocycles. The summed E-state index contributed by atoms with van der Waals surface area (Å²) in [6, 6.07) is 9.14. The monoisotopic (exact) mass is 317 g/mol. The molecule has 2 amide bonds. The number of rotatable bonds is 7. The first-order valence-corrected chi connectivity index (χ1v) is 8.43. The van der Waals surface area contributed by atoms with Gasteiger partial charge >= 0.3 is 0 Å². The highest BCUT2D eigenvalue weighted by Gasteiger charge is 2.23. The number of benzene rings is 1. The Kier molecular flexibility index (Phi) is 6.59. The van der Waals surface area contributed by atoms with Gasteiger partial charge in [0, 0.05) is 18.9 Å². The van der Waals surface area contributed by atoms with E-state index in [1.54, 1.807) is 0 Å². The SMILES string of the molecule is C[C@H](CC(=O)NC(Cc1ccccc1)C(N)=O)N1CCCCC1. The van der Waals surface area contributed by atoms with Crippen LogP contribution in [0.3, 0.4) is 0 Å². The summed E-state index contributed by atoms with van der Waals surface area (Å²) in [6.45, 7) is 4.18. The number of amides is 2. The summed E-state index contributed by atoms with van der Waals surface area (Å²) < 4.78 is 0. The predicted molar refractivity (Wildman–Crippen MR) is 90.8 cm³/mol. The average Bonchev–Trinajstić information content (AvgIpc) is 2.56. The van der Waals surface area contributed by atoms with Crippen LogP contribution >= 0.6 is 0 Å². The van der Waals surface area contributed by atoms with Gasteiger partial charge in [0.05, 0.1) is 0 Å². The quantitative estimate of drug-likeness (QED) is 0.799. The fourth-order valence-electron chi connectivity index (χ4n) is 3.08. The maximum absolute atomic E-state index is 12.3. The van der Waals surface area contributed by atoms with Gasteiger partial charge in [-0.05, 0) is 38.4 Å². The van der Waals surface area contributed by atoms with Gasteiger partial charge in [-0.2, -0.15) is 0 Å². The first-order chi connectivity index (χ1) is 11.1. The van der Waals surface area contributed by atoms with Crippen LogP contribution in [0, 0.1) is 0 Å². The molecule has 23 heavy (non-hydrogen) atoms. The fourth-order valence-corrected chi connectivity index (χ4v) is 3.08. The number of hydrogen-bond donors (Lipinski definition) is 2. The summed E-state index contributed by atoms with van der Waals surface area (Å²) >= 11 is 0. The number of nitrogens with zero attached hydrogens (tertiary/aromatic N) is 1. The van der Waals surface area contributed by atoms with Crippen LogP contribution < -0.4 is 11.1 Å². The molecule has 1 aromatic rings. The van der Waals surface area contributed by atoms with E-state index in [1.165, 1.54) is 19.3 Å². The number of nitrogens with two attached hydrogens (primary N) is 1. The molecular formula is C18H27N3O2. The first kappa shape index (κ1) is 17.5. The standard InChI is InChI=1S/C18H27N3O2/c1-14(21-10-6-3-7-11-21)12-17(22)20-16(18(19)23)13-15-8-4-2-5-9-15/h2,4-5,8-9,14,16H,3,6-7,10-13H2,1H3,(H2,19,23)(H,20,22)/t14-,16?/m1/s1. The van der Waals surface area contributed by atoms with Gasteiger partial charge in [-0.25, -0.2) is 0 Å². The highest BCUT2D eigenvalue weighted by molar-refractivity contribution is 5.87. The molecule has 0 spiro atoms. The van der Waals surface area contributed by atoms with Crippen molar-refractivity contribution in [3.8, 4) is 0 Å². The van der Waals surface area contributed by atoms with Crippen molar-refractivity contribution in [1.82, 2.24) is 10.2 Å². The van der Waals surface area contributed by atoms with Crippen molar-refractivity contribution in [1.29, 1.82) is 0 Å². The van der Waals surface area contributed by atoms with Crippen LogP contribution in [0.4, 0.5) is 0 Å². The molecule has 0 aromatic heterocycles. The van der Waals surface area contributed by atoms with Crippen LogP contribution in [0.5, 0.6) is 0 Å². The molecule has 0 bridgehead atoms. The molecule has 5 heteroatoms. The van der Waals surface area contributed by atoms with Gasteiger partial charge in [0.15, 0.2) is 0 Å². The molecule has 0 aliphatic carbocycles. The van der Waals surface area contributed by atoms with Crippen molar-refractivity contribution in [3.05, 3.63) is 35.9 Å². The Morgan fingerprint density at radius 2 is 1.83 bits per heavy atom. The topological polar surface area (TPSA) is 75.4 Å². The van der Waals surface area contributed by atoms with E-state index in [0.717, 1.165) is 18.7 Å². The lowest BCUT2D eigenvalue weighted by Gasteiger charge is -2.32. The maximum Gasteiger partial charge on any atom is 0.240 e. The van der Waals surface area contributed by atoms with E-state index >= 15 is 0 Å². The minimum Gasteiger partial charge on any atom is -0.368 e. The zero-order valence-corrected chi connectivity index (χ0v) is 13.8.